The van der Waals surface area contributed by atoms with Crippen LogP contribution in [-0.2, 0) is 19.4 Å². The number of nitrogens with one attached hydrogen (secondary N) is 1. The molecule has 0 aliphatic carbocycles. The van der Waals surface area contributed by atoms with E-state index in [1.54, 1.807) is 0 Å². The normalized spacial score (nSPS) is 15.9. The number of anilines is 1. The molecule has 5 heteroatoms. The van der Waals surface area contributed by atoms with E-state index in [1.807, 2.05) is 18.2 Å². The number of nitrogens with zero attached hydrogens (tertiary/aromatic N) is 3. The topological polar surface area (TPSA) is 61.2 Å². The molecule has 3 heterocycles. The standard InChI is InChI=1S/C23H26N4O/c1-17-4-6-19-8-9-22(26-23(19)25-17)28-13-3-2-11-27-12-10-20-14-18(15-24)5-7-21(20)16-27/h5,7-9,14H,1-4,6,10-13,16H2,(H,25,26). The first-order valence-electron chi connectivity index (χ1n) is 10.0. The number of pyridine rings is 1. The Kier molecular flexibility index (Phi) is 5.59. The molecule has 5 nitrogen and oxygen atoms in total. The molecule has 4 rings (SSSR count). The van der Waals surface area contributed by atoms with Crippen molar-refractivity contribution in [2.75, 3.05) is 25.0 Å². The van der Waals surface area contributed by atoms with E-state index >= 15 is 0 Å². The van der Waals surface area contributed by atoms with E-state index in [0.717, 1.165) is 68.8 Å². The van der Waals surface area contributed by atoms with Crippen molar-refractivity contribution in [2.45, 2.75) is 38.6 Å². The lowest BCUT2D eigenvalue weighted by molar-refractivity contribution is 0.233. The number of allylic oxidation sites excluding steroid dienone is 1. The smallest absolute Gasteiger partial charge is 0.215 e. The minimum atomic E-state index is 0.682. The van der Waals surface area contributed by atoms with Gasteiger partial charge in [-0.05, 0) is 73.5 Å². The van der Waals surface area contributed by atoms with Crippen molar-refractivity contribution in [2.24, 2.45) is 0 Å². The Morgan fingerprint density at radius 1 is 1.11 bits per heavy atom. The number of hydrogen-bond acceptors (Lipinski definition) is 5. The van der Waals surface area contributed by atoms with Crippen molar-refractivity contribution in [3.63, 3.8) is 0 Å². The second kappa shape index (κ2) is 8.45. The largest absolute Gasteiger partial charge is 0.478 e. The van der Waals surface area contributed by atoms with Crippen molar-refractivity contribution in [3.8, 4) is 11.9 Å². The number of ether oxygens (including phenoxy) is 1. The zero-order valence-electron chi connectivity index (χ0n) is 16.2. The molecular formula is C23H26N4O. The zero-order chi connectivity index (χ0) is 19.3. The van der Waals surface area contributed by atoms with Crippen molar-refractivity contribution in [3.05, 3.63) is 64.9 Å². The molecule has 2 aromatic rings. The molecule has 0 bridgehead atoms. The number of rotatable bonds is 6. The van der Waals surface area contributed by atoms with Crippen molar-refractivity contribution < 1.29 is 4.74 Å². The summed E-state index contributed by atoms with van der Waals surface area (Å²) in [6.45, 7) is 7.78. The van der Waals surface area contributed by atoms with E-state index in [2.05, 4.69) is 40.0 Å². The van der Waals surface area contributed by atoms with Gasteiger partial charge in [0, 0.05) is 24.9 Å². The van der Waals surface area contributed by atoms with Gasteiger partial charge in [0.2, 0.25) is 5.88 Å². The Balaban J connectivity index is 1.20. The number of fused-ring (bicyclic) bond motifs is 2. The van der Waals surface area contributed by atoms with E-state index in [1.165, 1.54) is 16.7 Å². The van der Waals surface area contributed by atoms with Gasteiger partial charge in [-0.1, -0.05) is 12.6 Å². The molecule has 1 N–H and O–H groups in total. The maximum absolute atomic E-state index is 9.03. The Bertz CT molecular complexity index is 915. The van der Waals surface area contributed by atoms with Crippen molar-refractivity contribution >= 4 is 5.82 Å². The summed E-state index contributed by atoms with van der Waals surface area (Å²) in [7, 11) is 0. The van der Waals surface area contributed by atoms with Crippen molar-refractivity contribution in [1.29, 1.82) is 5.26 Å². The average molecular weight is 374 g/mol. The molecule has 0 saturated heterocycles. The first-order chi connectivity index (χ1) is 13.7. The molecule has 2 aliphatic heterocycles. The highest BCUT2D eigenvalue weighted by Crippen LogP contribution is 2.26. The summed E-state index contributed by atoms with van der Waals surface area (Å²) in [6.07, 6.45) is 5.10. The van der Waals surface area contributed by atoms with Gasteiger partial charge < -0.3 is 10.1 Å². The summed E-state index contributed by atoms with van der Waals surface area (Å²) in [6, 6.07) is 12.4. The molecule has 0 radical (unpaired) electrons. The molecule has 0 spiro atoms. The van der Waals surface area contributed by atoms with Gasteiger partial charge in [-0.15, -0.1) is 0 Å². The Labute approximate surface area is 166 Å². The predicted molar refractivity (Wildman–Crippen MR) is 110 cm³/mol. The van der Waals surface area contributed by atoms with Crippen LogP contribution < -0.4 is 10.1 Å². The maximum Gasteiger partial charge on any atom is 0.215 e. The lowest BCUT2D eigenvalue weighted by Gasteiger charge is -2.28. The van der Waals surface area contributed by atoms with Crippen molar-refractivity contribution in [1.82, 2.24) is 9.88 Å². The van der Waals surface area contributed by atoms with Gasteiger partial charge in [0.1, 0.15) is 5.82 Å². The maximum atomic E-state index is 9.03. The molecule has 0 fully saturated rings. The zero-order valence-corrected chi connectivity index (χ0v) is 16.2. The van der Waals surface area contributed by atoms with Gasteiger partial charge in [0.25, 0.3) is 0 Å². The van der Waals surface area contributed by atoms with Gasteiger partial charge in [0.15, 0.2) is 0 Å². The number of unbranched alkanes of at least 4 members (excludes halogenated alkanes) is 1. The highest BCUT2D eigenvalue weighted by Gasteiger charge is 2.16. The fourth-order valence-corrected chi connectivity index (χ4v) is 3.86. The van der Waals surface area contributed by atoms with Crippen LogP contribution in [0.1, 0.15) is 41.5 Å². The first-order valence-corrected chi connectivity index (χ1v) is 10.0. The summed E-state index contributed by atoms with van der Waals surface area (Å²) in [5, 5.41) is 12.3. The molecule has 28 heavy (non-hydrogen) atoms. The highest BCUT2D eigenvalue weighted by molar-refractivity contribution is 5.53. The van der Waals surface area contributed by atoms with Crippen LogP contribution in [-0.4, -0.2) is 29.6 Å². The van der Waals surface area contributed by atoms with Crippen LogP contribution in [0.3, 0.4) is 0 Å². The van der Waals surface area contributed by atoms with E-state index in [0.29, 0.717) is 12.5 Å². The number of nitriles is 1. The molecule has 0 unspecified atom stereocenters. The summed E-state index contributed by atoms with van der Waals surface area (Å²) in [5.41, 5.74) is 5.69. The van der Waals surface area contributed by atoms with Crippen LogP contribution in [0.15, 0.2) is 42.6 Å². The van der Waals surface area contributed by atoms with Gasteiger partial charge >= 0.3 is 0 Å². The quantitative estimate of drug-likeness (QED) is 0.773. The van der Waals surface area contributed by atoms with Crippen LogP contribution in [0.2, 0.25) is 0 Å². The van der Waals surface area contributed by atoms with E-state index in [4.69, 9.17) is 10.00 Å². The Hall–Kier alpha value is -2.84. The minimum Gasteiger partial charge on any atom is -0.478 e. The van der Waals surface area contributed by atoms with Crippen LogP contribution in [0.5, 0.6) is 5.88 Å². The predicted octanol–water partition coefficient (Wildman–Crippen LogP) is 4.04. The van der Waals surface area contributed by atoms with Crippen LogP contribution in [0.25, 0.3) is 0 Å². The van der Waals surface area contributed by atoms with E-state index in [-0.39, 0.29) is 0 Å². The van der Waals surface area contributed by atoms with E-state index < -0.39 is 0 Å². The summed E-state index contributed by atoms with van der Waals surface area (Å²) in [5.74, 6) is 1.57. The lowest BCUT2D eigenvalue weighted by Crippen LogP contribution is -2.31. The second-order valence-corrected chi connectivity index (χ2v) is 7.56. The Morgan fingerprint density at radius 2 is 2.00 bits per heavy atom. The number of aromatic nitrogens is 1. The summed E-state index contributed by atoms with van der Waals surface area (Å²) < 4.78 is 5.85. The average Bonchev–Trinajstić information content (AvgIpc) is 2.72. The number of hydrogen-bond donors (Lipinski definition) is 1. The van der Waals surface area contributed by atoms with Crippen LogP contribution >= 0.6 is 0 Å². The fraction of sp³-hybridized carbons (Fsp3) is 0.391. The van der Waals surface area contributed by atoms with Gasteiger partial charge in [-0.25, -0.2) is 0 Å². The third kappa shape index (κ3) is 4.35. The fourth-order valence-electron chi connectivity index (χ4n) is 3.86. The van der Waals surface area contributed by atoms with Gasteiger partial charge in [-0.3, -0.25) is 4.90 Å². The first kappa shape index (κ1) is 18.5. The molecule has 2 aliphatic rings. The van der Waals surface area contributed by atoms with Gasteiger partial charge in [0.05, 0.1) is 18.2 Å². The monoisotopic (exact) mass is 374 g/mol. The van der Waals surface area contributed by atoms with Crippen LogP contribution in [0, 0.1) is 11.3 Å². The molecule has 0 amide bonds. The second-order valence-electron chi connectivity index (χ2n) is 7.56. The minimum absolute atomic E-state index is 0.682. The number of benzene rings is 1. The molecule has 0 atom stereocenters. The van der Waals surface area contributed by atoms with E-state index in [9.17, 15) is 0 Å². The molecule has 0 saturated carbocycles. The summed E-state index contributed by atoms with van der Waals surface area (Å²) >= 11 is 0. The van der Waals surface area contributed by atoms with Gasteiger partial charge in [-0.2, -0.15) is 10.2 Å². The lowest BCUT2D eigenvalue weighted by atomic mass is 9.97. The molecule has 1 aromatic heterocycles. The third-order valence-corrected chi connectivity index (χ3v) is 5.49. The molecular weight excluding hydrogens is 348 g/mol. The number of aryl methyl sites for hydroxylation is 1. The Morgan fingerprint density at radius 3 is 2.89 bits per heavy atom. The molecule has 144 valence electrons. The molecule has 1 aromatic carbocycles. The van der Waals surface area contributed by atoms with Crippen LogP contribution in [0.4, 0.5) is 5.82 Å². The highest BCUT2D eigenvalue weighted by atomic mass is 16.5. The SMILES string of the molecule is C=C1CCc2ccc(OCCCCN3CCc4cc(C#N)ccc4C3)nc2N1. The summed E-state index contributed by atoms with van der Waals surface area (Å²) in [4.78, 5) is 7.05. The third-order valence-electron chi connectivity index (χ3n) is 5.49.